The lowest BCUT2D eigenvalue weighted by atomic mass is 10.2. The van der Waals surface area contributed by atoms with Gasteiger partial charge in [0.25, 0.3) is 0 Å². The van der Waals surface area contributed by atoms with Crippen molar-refractivity contribution in [1.29, 1.82) is 0 Å². The number of likely N-dealkylation sites (N-methyl/N-ethyl adjacent to an activating group) is 1. The fraction of sp³-hybridized carbons (Fsp3) is 0.412. The molecule has 5 nitrogen and oxygen atoms in total. The van der Waals surface area contributed by atoms with E-state index in [1.54, 1.807) is 24.3 Å². The lowest BCUT2D eigenvalue weighted by Gasteiger charge is -2.23. The van der Waals surface area contributed by atoms with Gasteiger partial charge in [0.05, 0.1) is 22.3 Å². The number of hydrogen-bond acceptors (Lipinski definition) is 4. The lowest BCUT2D eigenvalue weighted by molar-refractivity contribution is 0.310. The number of nitrogens with zero attached hydrogens (tertiary/aromatic N) is 2. The third kappa shape index (κ3) is 6.01. The van der Waals surface area contributed by atoms with Crippen LogP contribution in [0.15, 0.2) is 34.7 Å². The first kappa shape index (κ1) is 20.3. The molecule has 2 aromatic rings. The Balaban J connectivity index is 2.21. The fourth-order valence-corrected chi connectivity index (χ4v) is 4.09. The van der Waals surface area contributed by atoms with E-state index in [2.05, 4.69) is 0 Å². The van der Waals surface area contributed by atoms with Crippen LogP contribution in [0.25, 0.3) is 0 Å². The summed E-state index contributed by atoms with van der Waals surface area (Å²) in [6.45, 7) is 3.01. The molecule has 0 aliphatic heterocycles. The van der Waals surface area contributed by atoms with Gasteiger partial charge in [-0.3, -0.25) is 0 Å². The van der Waals surface area contributed by atoms with Crippen LogP contribution < -0.4 is 0 Å². The van der Waals surface area contributed by atoms with Crippen LogP contribution in [-0.4, -0.2) is 44.8 Å². The molecule has 0 atom stereocenters. The zero-order chi connectivity index (χ0) is 18.6. The largest absolute Gasteiger partial charge is 0.465 e. The summed E-state index contributed by atoms with van der Waals surface area (Å²) < 4.78 is 32.8. The van der Waals surface area contributed by atoms with Gasteiger partial charge in [-0.15, -0.1) is 0 Å². The van der Waals surface area contributed by atoms with Crippen molar-refractivity contribution < 1.29 is 12.8 Å². The maximum atomic E-state index is 12.9. The van der Waals surface area contributed by atoms with Crippen molar-refractivity contribution >= 4 is 33.2 Å². The first-order chi connectivity index (χ1) is 11.7. The standard InChI is InChI=1S/C17H22Cl2N2O3S/c1-13-4-6-15(24-13)11-21(9-8-20(2)3)25(22,23)12-14-5-7-16(18)17(19)10-14/h4-7,10H,8-9,11-12H2,1-3H3. The highest BCUT2D eigenvalue weighted by molar-refractivity contribution is 7.88. The van der Waals surface area contributed by atoms with Crippen LogP contribution in [0, 0.1) is 6.92 Å². The highest BCUT2D eigenvalue weighted by Crippen LogP contribution is 2.24. The Bertz CT molecular complexity index is 819. The lowest BCUT2D eigenvalue weighted by Crippen LogP contribution is -2.36. The van der Waals surface area contributed by atoms with Crippen molar-refractivity contribution in [2.45, 2.75) is 19.2 Å². The molecule has 2 rings (SSSR count). The van der Waals surface area contributed by atoms with Gasteiger partial charge in [-0.05, 0) is 50.8 Å². The van der Waals surface area contributed by atoms with E-state index < -0.39 is 10.0 Å². The Labute approximate surface area is 159 Å². The second-order valence-electron chi connectivity index (χ2n) is 6.15. The van der Waals surface area contributed by atoms with Crippen LogP contribution in [0.5, 0.6) is 0 Å². The summed E-state index contributed by atoms with van der Waals surface area (Å²) in [6, 6.07) is 8.49. The maximum absolute atomic E-state index is 12.9. The summed E-state index contributed by atoms with van der Waals surface area (Å²) in [5.41, 5.74) is 0.597. The Morgan fingerprint density at radius 2 is 1.76 bits per heavy atom. The number of aryl methyl sites for hydroxylation is 1. The quantitative estimate of drug-likeness (QED) is 0.671. The number of sulfonamides is 1. The molecule has 0 fully saturated rings. The predicted molar refractivity (Wildman–Crippen MR) is 101 cm³/mol. The SMILES string of the molecule is Cc1ccc(CN(CCN(C)C)S(=O)(=O)Cc2ccc(Cl)c(Cl)c2)o1. The monoisotopic (exact) mass is 404 g/mol. The van der Waals surface area contributed by atoms with E-state index in [0.29, 0.717) is 34.5 Å². The normalized spacial score (nSPS) is 12.3. The van der Waals surface area contributed by atoms with Gasteiger partial charge >= 0.3 is 0 Å². The number of rotatable bonds is 8. The topological polar surface area (TPSA) is 53.8 Å². The zero-order valence-electron chi connectivity index (χ0n) is 14.5. The van der Waals surface area contributed by atoms with Gasteiger partial charge in [-0.2, -0.15) is 4.31 Å². The molecule has 1 heterocycles. The second kappa shape index (κ2) is 8.56. The van der Waals surface area contributed by atoms with Crippen molar-refractivity contribution in [2.24, 2.45) is 0 Å². The molecule has 0 spiro atoms. The van der Waals surface area contributed by atoms with Crippen LogP contribution in [0.4, 0.5) is 0 Å². The Kier molecular flexibility index (Phi) is 6.93. The zero-order valence-corrected chi connectivity index (χ0v) is 16.8. The van der Waals surface area contributed by atoms with Gasteiger partial charge in [-0.1, -0.05) is 29.3 Å². The minimum absolute atomic E-state index is 0.142. The summed E-state index contributed by atoms with van der Waals surface area (Å²) in [6.07, 6.45) is 0. The highest BCUT2D eigenvalue weighted by atomic mass is 35.5. The minimum Gasteiger partial charge on any atom is -0.465 e. The Morgan fingerprint density at radius 3 is 2.32 bits per heavy atom. The van der Waals surface area contributed by atoms with Gasteiger partial charge in [0, 0.05) is 13.1 Å². The van der Waals surface area contributed by atoms with Gasteiger partial charge in [0.1, 0.15) is 11.5 Å². The summed E-state index contributed by atoms with van der Waals surface area (Å²) >= 11 is 11.9. The molecule has 0 aliphatic carbocycles. The number of hydrogen-bond donors (Lipinski definition) is 0. The Morgan fingerprint density at radius 1 is 1.04 bits per heavy atom. The van der Waals surface area contributed by atoms with E-state index in [4.69, 9.17) is 27.6 Å². The maximum Gasteiger partial charge on any atom is 0.218 e. The van der Waals surface area contributed by atoms with Crippen molar-refractivity contribution in [3.63, 3.8) is 0 Å². The second-order valence-corrected chi connectivity index (χ2v) is 8.94. The molecule has 0 saturated heterocycles. The van der Waals surface area contributed by atoms with E-state index in [0.717, 1.165) is 5.76 Å². The van der Waals surface area contributed by atoms with E-state index in [9.17, 15) is 8.42 Å². The third-order valence-electron chi connectivity index (χ3n) is 3.65. The van der Waals surface area contributed by atoms with E-state index in [1.807, 2.05) is 32.0 Å². The average molecular weight is 405 g/mol. The number of halogens is 2. The molecule has 0 aliphatic rings. The summed E-state index contributed by atoms with van der Waals surface area (Å²) in [4.78, 5) is 1.94. The summed E-state index contributed by atoms with van der Waals surface area (Å²) in [5.74, 6) is 1.23. The third-order valence-corrected chi connectivity index (χ3v) is 6.19. The molecule has 8 heteroatoms. The van der Waals surface area contributed by atoms with Gasteiger partial charge in [-0.25, -0.2) is 8.42 Å². The van der Waals surface area contributed by atoms with Gasteiger partial charge in [0.15, 0.2) is 0 Å². The molecule has 25 heavy (non-hydrogen) atoms. The van der Waals surface area contributed by atoms with Crippen LogP contribution in [0.2, 0.25) is 10.0 Å². The van der Waals surface area contributed by atoms with E-state index in [1.165, 1.54) is 4.31 Å². The summed E-state index contributed by atoms with van der Waals surface area (Å²) in [5, 5.41) is 0.745. The first-order valence-corrected chi connectivity index (χ1v) is 10.2. The van der Waals surface area contributed by atoms with Crippen molar-refractivity contribution in [3.8, 4) is 0 Å². The van der Waals surface area contributed by atoms with Crippen molar-refractivity contribution in [1.82, 2.24) is 9.21 Å². The molecule has 0 saturated carbocycles. The average Bonchev–Trinajstić information content (AvgIpc) is 2.92. The van der Waals surface area contributed by atoms with Crippen LogP contribution >= 0.6 is 23.2 Å². The molecule has 0 unspecified atom stereocenters. The number of benzene rings is 1. The molecular formula is C17H22Cl2N2O3S. The Hall–Kier alpha value is -1.05. The number of furan rings is 1. The summed E-state index contributed by atoms with van der Waals surface area (Å²) in [7, 11) is 0.262. The van der Waals surface area contributed by atoms with E-state index >= 15 is 0 Å². The predicted octanol–water partition coefficient (Wildman–Crippen LogP) is 3.79. The fourth-order valence-electron chi connectivity index (χ4n) is 2.30. The van der Waals surface area contributed by atoms with E-state index in [-0.39, 0.29) is 12.3 Å². The first-order valence-electron chi connectivity index (χ1n) is 7.79. The molecule has 0 radical (unpaired) electrons. The molecule has 1 aromatic heterocycles. The molecule has 1 aromatic carbocycles. The molecule has 138 valence electrons. The smallest absolute Gasteiger partial charge is 0.218 e. The van der Waals surface area contributed by atoms with Crippen molar-refractivity contribution in [3.05, 3.63) is 57.5 Å². The van der Waals surface area contributed by atoms with Gasteiger partial charge in [0.2, 0.25) is 10.0 Å². The van der Waals surface area contributed by atoms with Crippen LogP contribution in [0.3, 0.4) is 0 Å². The molecular weight excluding hydrogens is 383 g/mol. The minimum atomic E-state index is -3.54. The highest BCUT2D eigenvalue weighted by Gasteiger charge is 2.24. The van der Waals surface area contributed by atoms with Crippen LogP contribution in [0.1, 0.15) is 17.1 Å². The van der Waals surface area contributed by atoms with Crippen molar-refractivity contribution in [2.75, 3.05) is 27.2 Å². The molecule has 0 amide bonds. The molecule has 0 N–H and O–H groups in total. The van der Waals surface area contributed by atoms with Gasteiger partial charge < -0.3 is 9.32 Å². The van der Waals surface area contributed by atoms with Crippen LogP contribution in [-0.2, 0) is 22.3 Å². The molecule has 0 bridgehead atoms.